The van der Waals surface area contributed by atoms with E-state index in [0.717, 1.165) is 17.2 Å². The molecule has 16 heavy (non-hydrogen) atoms. The molecule has 0 saturated heterocycles. The van der Waals surface area contributed by atoms with E-state index in [1.807, 2.05) is 0 Å². The average Bonchev–Trinajstić information content (AvgIpc) is 2.17. The third-order valence-corrected chi connectivity index (χ3v) is 3.12. The molecule has 0 heterocycles. The molecule has 0 N–H and O–H groups in total. The molecular weight excluding hydrogens is 260 g/mol. The Morgan fingerprint density at radius 3 is 2.44 bits per heavy atom. The van der Waals surface area contributed by atoms with Gasteiger partial charge in [-0.2, -0.15) is 0 Å². The maximum atomic E-state index is 3.41. The summed E-state index contributed by atoms with van der Waals surface area (Å²) in [6.07, 6.45) is 12.1. The molecule has 0 aliphatic rings. The Bertz CT molecular complexity index is 213. The van der Waals surface area contributed by atoms with E-state index in [0.29, 0.717) is 0 Å². The van der Waals surface area contributed by atoms with Crippen LogP contribution in [0.25, 0.3) is 0 Å². The van der Waals surface area contributed by atoms with Crippen molar-refractivity contribution < 1.29 is 0 Å². The number of hydrogen-bond donors (Lipinski definition) is 0. The molecule has 0 aromatic heterocycles. The molecule has 0 nitrogen and oxygen atoms in total. The van der Waals surface area contributed by atoms with Crippen LogP contribution in [0.15, 0.2) is 23.8 Å². The molecule has 0 aromatic carbocycles. The van der Waals surface area contributed by atoms with Crippen LogP contribution in [0.5, 0.6) is 0 Å². The molecule has 0 spiro atoms. The van der Waals surface area contributed by atoms with Crippen LogP contribution in [0.3, 0.4) is 0 Å². The van der Waals surface area contributed by atoms with Crippen molar-refractivity contribution in [2.24, 2.45) is 11.8 Å². The van der Waals surface area contributed by atoms with Crippen molar-refractivity contribution in [3.05, 3.63) is 23.8 Å². The standard InChI is InChI=1S/C15H27Br/c1-13(2)7-5-8-14(3)9-6-10-15(4)11-12-16/h6,10-11,13-14H,5,7-9,12H2,1-4H3. The van der Waals surface area contributed by atoms with E-state index in [9.17, 15) is 0 Å². The van der Waals surface area contributed by atoms with Crippen molar-refractivity contribution in [2.75, 3.05) is 5.33 Å². The molecule has 1 unspecified atom stereocenters. The summed E-state index contributed by atoms with van der Waals surface area (Å²) in [5.41, 5.74) is 1.35. The smallest absolute Gasteiger partial charge is 0.0217 e. The number of alkyl halides is 1. The Morgan fingerprint density at radius 1 is 1.19 bits per heavy atom. The molecule has 0 aliphatic carbocycles. The second kappa shape index (κ2) is 10.1. The molecule has 0 aromatic rings. The quantitative estimate of drug-likeness (QED) is 0.394. The van der Waals surface area contributed by atoms with Gasteiger partial charge < -0.3 is 0 Å². The van der Waals surface area contributed by atoms with Crippen LogP contribution in [-0.2, 0) is 0 Å². The van der Waals surface area contributed by atoms with Gasteiger partial charge in [0.05, 0.1) is 0 Å². The number of hydrogen-bond acceptors (Lipinski definition) is 0. The summed E-state index contributed by atoms with van der Waals surface area (Å²) in [5.74, 6) is 1.68. The Morgan fingerprint density at radius 2 is 1.88 bits per heavy atom. The molecule has 1 atom stereocenters. The Hall–Kier alpha value is -0.0400. The van der Waals surface area contributed by atoms with Gasteiger partial charge >= 0.3 is 0 Å². The summed E-state index contributed by atoms with van der Waals surface area (Å²) < 4.78 is 0. The summed E-state index contributed by atoms with van der Waals surface area (Å²) in [4.78, 5) is 0. The van der Waals surface area contributed by atoms with Crippen molar-refractivity contribution >= 4 is 15.9 Å². The summed E-state index contributed by atoms with van der Waals surface area (Å²) >= 11 is 3.41. The molecule has 0 rings (SSSR count). The van der Waals surface area contributed by atoms with Gasteiger partial charge in [0, 0.05) is 5.33 Å². The zero-order chi connectivity index (χ0) is 12.4. The van der Waals surface area contributed by atoms with Gasteiger partial charge in [0.15, 0.2) is 0 Å². The van der Waals surface area contributed by atoms with E-state index in [1.54, 1.807) is 0 Å². The van der Waals surface area contributed by atoms with Crippen molar-refractivity contribution in [3.8, 4) is 0 Å². The average molecular weight is 287 g/mol. The van der Waals surface area contributed by atoms with Crippen LogP contribution < -0.4 is 0 Å². The molecule has 0 saturated carbocycles. The highest BCUT2D eigenvalue weighted by molar-refractivity contribution is 9.09. The number of allylic oxidation sites excluding steroid dienone is 4. The van der Waals surface area contributed by atoms with Gasteiger partial charge in [0.1, 0.15) is 0 Å². The highest BCUT2D eigenvalue weighted by atomic mass is 79.9. The van der Waals surface area contributed by atoms with Crippen LogP contribution in [0.1, 0.15) is 53.4 Å². The van der Waals surface area contributed by atoms with Crippen LogP contribution >= 0.6 is 15.9 Å². The normalized spacial score (nSPS) is 15.0. The van der Waals surface area contributed by atoms with Crippen LogP contribution in [-0.4, -0.2) is 5.33 Å². The first-order chi connectivity index (χ1) is 7.56. The van der Waals surface area contributed by atoms with Gasteiger partial charge in [-0.15, -0.1) is 0 Å². The third-order valence-electron chi connectivity index (χ3n) is 2.80. The zero-order valence-electron chi connectivity index (χ0n) is 11.3. The predicted molar refractivity (Wildman–Crippen MR) is 79.2 cm³/mol. The first kappa shape index (κ1) is 16.0. The minimum atomic E-state index is 0.826. The first-order valence-corrected chi connectivity index (χ1v) is 7.57. The van der Waals surface area contributed by atoms with Crippen molar-refractivity contribution in [2.45, 2.75) is 53.4 Å². The lowest BCUT2D eigenvalue weighted by Gasteiger charge is -2.09. The Labute approximate surface area is 110 Å². The molecule has 0 fully saturated rings. The maximum Gasteiger partial charge on any atom is 0.0217 e. The number of halogens is 1. The van der Waals surface area contributed by atoms with Gasteiger partial charge in [0.25, 0.3) is 0 Å². The van der Waals surface area contributed by atoms with E-state index in [-0.39, 0.29) is 0 Å². The van der Waals surface area contributed by atoms with E-state index >= 15 is 0 Å². The van der Waals surface area contributed by atoms with E-state index in [2.05, 4.69) is 61.9 Å². The third kappa shape index (κ3) is 10.5. The lowest BCUT2D eigenvalue weighted by atomic mass is 9.97. The van der Waals surface area contributed by atoms with Gasteiger partial charge in [-0.3, -0.25) is 0 Å². The highest BCUT2D eigenvalue weighted by Gasteiger charge is 2.00. The lowest BCUT2D eigenvalue weighted by molar-refractivity contribution is 0.461. The van der Waals surface area contributed by atoms with Crippen molar-refractivity contribution in [3.63, 3.8) is 0 Å². The largest absolute Gasteiger partial charge is 0.0883 e. The van der Waals surface area contributed by atoms with Crippen molar-refractivity contribution in [1.82, 2.24) is 0 Å². The fourth-order valence-corrected chi connectivity index (χ4v) is 2.18. The summed E-state index contributed by atoms with van der Waals surface area (Å²) in [6, 6.07) is 0. The fraction of sp³-hybridized carbons (Fsp3) is 0.733. The number of rotatable bonds is 8. The van der Waals surface area contributed by atoms with Gasteiger partial charge in [-0.05, 0) is 25.2 Å². The molecule has 0 radical (unpaired) electrons. The molecular formula is C15H27Br. The Kier molecular flexibility index (Phi) is 10.1. The SMILES string of the molecule is CC(C=CCC(C)CCCC(C)C)=CCBr. The van der Waals surface area contributed by atoms with Crippen LogP contribution in [0.2, 0.25) is 0 Å². The van der Waals surface area contributed by atoms with Crippen LogP contribution in [0.4, 0.5) is 0 Å². The molecule has 0 aliphatic heterocycles. The van der Waals surface area contributed by atoms with E-state index in [4.69, 9.17) is 0 Å². The van der Waals surface area contributed by atoms with Crippen LogP contribution in [0, 0.1) is 11.8 Å². The molecule has 94 valence electrons. The first-order valence-electron chi connectivity index (χ1n) is 6.45. The second-order valence-electron chi connectivity index (χ2n) is 5.17. The minimum absolute atomic E-state index is 0.826. The van der Waals surface area contributed by atoms with E-state index in [1.165, 1.54) is 31.3 Å². The van der Waals surface area contributed by atoms with Crippen molar-refractivity contribution in [1.29, 1.82) is 0 Å². The minimum Gasteiger partial charge on any atom is -0.0883 e. The van der Waals surface area contributed by atoms with E-state index < -0.39 is 0 Å². The topological polar surface area (TPSA) is 0 Å². The monoisotopic (exact) mass is 286 g/mol. The van der Waals surface area contributed by atoms with Gasteiger partial charge in [-0.25, -0.2) is 0 Å². The summed E-state index contributed by atoms with van der Waals surface area (Å²) in [7, 11) is 0. The highest BCUT2D eigenvalue weighted by Crippen LogP contribution is 2.15. The summed E-state index contributed by atoms with van der Waals surface area (Å²) in [5, 5.41) is 0.952. The fourth-order valence-electron chi connectivity index (χ4n) is 1.67. The second-order valence-corrected chi connectivity index (χ2v) is 5.82. The van der Waals surface area contributed by atoms with Gasteiger partial charge in [0.2, 0.25) is 0 Å². The molecule has 0 bridgehead atoms. The molecule has 0 amide bonds. The predicted octanol–water partition coefficient (Wildman–Crippen LogP) is 5.74. The summed E-state index contributed by atoms with van der Waals surface area (Å²) in [6.45, 7) is 9.12. The molecule has 1 heteroatoms. The lowest BCUT2D eigenvalue weighted by Crippen LogP contribution is -1.95. The van der Waals surface area contributed by atoms with Gasteiger partial charge in [-0.1, -0.05) is 79.8 Å². The maximum absolute atomic E-state index is 3.41. The Balaban J connectivity index is 3.64. The zero-order valence-corrected chi connectivity index (χ0v) is 12.9.